The van der Waals surface area contributed by atoms with Gasteiger partial charge in [-0.05, 0) is 33.9 Å². The average molecular weight is 198 g/mol. The van der Waals surface area contributed by atoms with Gasteiger partial charge in [-0.25, -0.2) is 0 Å². The molecular formula is C9H19BN2O2. The zero-order valence-electron chi connectivity index (χ0n) is 9.20. The van der Waals surface area contributed by atoms with Crippen LogP contribution in [0.15, 0.2) is 11.7 Å². The van der Waals surface area contributed by atoms with Crippen molar-refractivity contribution in [1.29, 1.82) is 5.41 Å². The minimum absolute atomic E-state index is 0.287. The molecule has 0 unspecified atom stereocenters. The number of hydrogen-bond donors (Lipinski definition) is 4. The summed E-state index contributed by atoms with van der Waals surface area (Å²) >= 11 is 0. The molecule has 0 heterocycles. The summed E-state index contributed by atoms with van der Waals surface area (Å²) in [5, 5.41) is 24.6. The van der Waals surface area contributed by atoms with Crippen LogP contribution in [0.3, 0.4) is 0 Å². The molecule has 0 spiro atoms. The monoisotopic (exact) mass is 198 g/mol. The minimum atomic E-state index is -1.01. The molecule has 0 saturated carbocycles. The van der Waals surface area contributed by atoms with Crippen LogP contribution in [0.4, 0.5) is 0 Å². The van der Waals surface area contributed by atoms with Crippen molar-refractivity contribution in [2.24, 2.45) is 5.73 Å². The van der Waals surface area contributed by atoms with Gasteiger partial charge in [-0.1, -0.05) is 5.47 Å². The molecular weight excluding hydrogens is 179 g/mol. The molecule has 14 heavy (non-hydrogen) atoms. The second-order valence-corrected chi connectivity index (χ2v) is 3.93. The third kappa shape index (κ3) is 7.82. The summed E-state index contributed by atoms with van der Waals surface area (Å²) in [7, 11) is 4.97. The average Bonchev–Trinajstić information content (AvgIpc) is 2.00. The van der Waals surface area contributed by atoms with Gasteiger partial charge in [0.15, 0.2) is 0 Å². The molecule has 0 saturated heterocycles. The molecule has 0 rings (SSSR count). The fourth-order valence-electron chi connectivity index (χ4n) is 0.0481. The highest BCUT2D eigenvalue weighted by Gasteiger charge is 2.31. The molecule has 2 radical (unpaired) electrons. The second-order valence-electron chi connectivity index (χ2n) is 3.93. The third-order valence-corrected chi connectivity index (χ3v) is 1.86. The van der Waals surface area contributed by atoms with Crippen LogP contribution < -0.4 is 5.73 Å². The predicted octanol–water partition coefficient (Wildman–Crippen LogP) is 0.133. The Kier molecular flexibility index (Phi) is 6.52. The van der Waals surface area contributed by atoms with Gasteiger partial charge in [-0.3, -0.25) is 0 Å². The van der Waals surface area contributed by atoms with E-state index in [9.17, 15) is 0 Å². The first kappa shape index (κ1) is 15.7. The lowest BCUT2D eigenvalue weighted by Crippen LogP contribution is -2.44. The van der Waals surface area contributed by atoms with Crippen LogP contribution in [0.1, 0.15) is 27.7 Å². The lowest BCUT2D eigenvalue weighted by molar-refractivity contribution is -0.107. The summed E-state index contributed by atoms with van der Waals surface area (Å²) in [4.78, 5) is 0. The van der Waals surface area contributed by atoms with Crippen LogP contribution in [0.5, 0.6) is 0 Å². The van der Waals surface area contributed by atoms with E-state index in [2.05, 4.69) is 0 Å². The molecule has 0 aromatic carbocycles. The van der Waals surface area contributed by atoms with Crippen LogP contribution in [0, 0.1) is 5.41 Å². The molecule has 0 bridgehead atoms. The number of nitrogens with two attached hydrogens (primary N) is 1. The fraction of sp³-hybridized carbons (Fsp3) is 0.667. The molecule has 0 amide bonds. The largest absolute Gasteiger partial charge is 0.405 e. The zero-order chi connectivity index (χ0) is 12.0. The maximum Gasteiger partial charge on any atom is 0.117 e. The molecule has 0 aliphatic heterocycles. The van der Waals surface area contributed by atoms with E-state index in [1.807, 2.05) is 0 Å². The molecule has 0 fully saturated rings. The van der Waals surface area contributed by atoms with Gasteiger partial charge in [-0.2, -0.15) is 0 Å². The Morgan fingerprint density at radius 1 is 1.21 bits per heavy atom. The Morgan fingerprint density at radius 2 is 1.50 bits per heavy atom. The van der Waals surface area contributed by atoms with E-state index in [4.69, 9.17) is 29.2 Å². The first-order chi connectivity index (χ1) is 6.06. The van der Waals surface area contributed by atoms with Crippen LogP contribution in [0.2, 0.25) is 0 Å². The van der Waals surface area contributed by atoms with Gasteiger partial charge in [-0.15, -0.1) is 0 Å². The number of aliphatic hydroxyl groups is 2. The van der Waals surface area contributed by atoms with Crippen LogP contribution >= 0.6 is 0 Å². The molecule has 5 N–H and O–H groups in total. The Morgan fingerprint density at radius 3 is 1.50 bits per heavy atom. The SMILES string of the molecule is CC(C)(O)C(C)(C)O.[B]/C(C=N)=C/N. The summed E-state index contributed by atoms with van der Waals surface area (Å²) in [5.74, 6) is 0. The molecule has 80 valence electrons. The first-order valence-corrected chi connectivity index (χ1v) is 4.19. The Bertz CT molecular complexity index is 190. The van der Waals surface area contributed by atoms with Crippen LogP contribution in [-0.4, -0.2) is 35.5 Å². The lowest BCUT2D eigenvalue weighted by atomic mass is 9.90. The molecule has 0 aliphatic rings. The van der Waals surface area contributed by atoms with Crippen molar-refractivity contribution < 1.29 is 10.2 Å². The highest BCUT2D eigenvalue weighted by Crippen LogP contribution is 2.19. The maximum atomic E-state index is 9.10. The quantitative estimate of drug-likeness (QED) is 0.375. The molecule has 5 heteroatoms. The summed E-state index contributed by atoms with van der Waals surface area (Å²) in [5.41, 5.74) is 3.12. The van der Waals surface area contributed by atoms with E-state index in [-0.39, 0.29) is 5.47 Å². The van der Waals surface area contributed by atoms with E-state index in [1.165, 1.54) is 6.20 Å². The second kappa shape index (κ2) is 5.83. The van der Waals surface area contributed by atoms with Crippen molar-refractivity contribution in [3.8, 4) is 0 Å². The molecule has 0 aromatic rings. The van der Waals surface area contributed by atoms with Gasteiger partial charge in [0.1, 0.15) is 7.85 Å². The Balaban J connectivity index is 0. The van der Waals surface area contributed by atoms with E-state index in [0.717, 1.165) is 6.21 Å². The van der Waals surface area contributed by atoms with Gasteiger partial charge in [0.2, 0.25) is 0 Å². The van der Waals surface area contributed by atoms with Gasteiger partial charge in [0.05, 0.1) is 11.2 Å². The normalized spacial score (nSPS) is 12.9. The van der Waals surface area contributed by atoms with Crippen molar-refractivity contribution >= 4 is 14.1 Å². The van der Waals surface area contributed by atoms with E-state index < -0.39 is 11.2 Å². The van der Waals surface area contributed by atoms with Gasteiger partial charge >= 0.3 is 0 Å². The zero-order valence-corrected chi connectivity index (χ0v) is 9.20. The maximum absolute atomic E-state index is 9.10. The number of hydrogen-bond acceptors (Lipinski definition) is 4. The number of rotatable bonds is 2. The molecule has 0 atom stereocenters. The van der Waals surface area contributed by atoms with E-state index >= 15 is 0 Å². The van der Waals surface area contributed by atoms with Crippen molar-refractivity contribution in [3.05, 3.63) is 11.7 Å². The minimum Gasteiger partial charge on any atom is -0.405 e. The topological polar surface area (TPSA) is 90.3 Å². The smallest absolute Gasteiger partial charge is 0.117 e. The molecule has 4 nitrogen and oxygen atoms in total. The highest BCUT2D eigenvalue weighted by molar-refractivity contribution is 6.32. The number of allylic oxidation sites excluding steroid dienone is 1. The third-order valence-electron chi connectivity index (χ3n) is 1.86. The van der Waals surface area contributed by atoms with E-state index in [0.29, 0.717) is 0 Å². The van der Waals surface area contributed by atoms with E-state index in [1.54, 1.807) is 27.7 Å². The summed E-state index contributed by atoms with van der Waals surface area (Å²) < 4.78 is 0. The van der Waals surface area contributed by atoms with Crippen LogP contribution in [-0.2, 0) is 0 Å². The standard InChI is InChI=1S/C6H14O2.C3H5BN2/c1-5(2,7)6(3,4)8;4-3(1-5)2-6/h7-8H,1-4H3;1-2,5H,6H2/b;3-2+,5-1?. The van der Waals surface area contributed by atoms with Gasteiger partial charge < -0.3 is 21.4 Å². The molecule has 0 aromatic heterocycles. The van der Waals surface area contributed by atoms with Crippen molar-refractivity contribution in [2.75, 3.05) is 0 Å². The lowest BCUT2D eigenvalue weighted by Gasteiger charge is -2.31. The molecule has 0 aliphatic carbocycles. The summed E-state index contributed by atoms with van der Waals surface area (Å²) in [6.07, 6.45) is 2.16. The Hall–Kier alpha value is -0.805. The van der Waals surface area contributed by atoms with Crippen molar-refractivity contribution in [2.45, 2.75) is 38.9 Å². The predicted molar refractivity (Wildman–Crippen MR) is 59.4 cm³/mol. The van der Waals surface area contributed by atoms with Gasteiger partial charge in [0.25, 0.3) is 0 Å². The van der Waals surface area contributed by atoms with Crippen molar-refractivity contribution in [3.63, 3.8) is 0 Å². The Labute approximate surface area is 86.7 Å². The fourth-order valence-corrected chi connectivity index (χ4v) is 0.0481. The summed E-state index contributed by atoms with van der Waals surface area (Å²) in [6.45, 7) is 6.31. The van der Waals surface area contributed by atoms with Gasteiger partial charge in [0, 0.05) is 6.21 Å². The first-order valence-electron chi connectivity index (χ1n) is 4.19. The van der Waals surface area contributed by atoms with Crippen LogP contribution in [0.25, 0.3) is 0 Å². The summed E-state index contributed by atoms with van der Waals surface area (Å²) in [6, 6.07) is 0. The highest BCUT2D eigenvalue weighted by atomic mass is 16.3. The van der Waals surface area contributed by atoms with Crippen molar-refractivity contribution in [1.82, 2.24) is 0 Å². The number of nitrogens with one attached hydrogen (secondary N) is 1.